The average Bonchev–Trinajstić information content (AvgIpc) is 2.18. The zero-order valence-electron chi connectivity index (χ0n) is 10.2. The van der Waals surface area contributed by atoms with Crippen LogP contribution in [0, 0.1) is 11.8 Å². The van der Waals surface area contributed by atoms with Crippen molar-refractivity contribution in [1.29, 1.82) is 0 Å². The van der Waals surface area contributed by atoms with Crippen molar-refractivity contribution < 1.29 is 9.28 Å². The Hall–Kier alpha value is -0.370. The molecular weight excluding hydrogens is 186 g/mol. The van der Waals surface area contributed by atoms with E-state index in [9.17, 15) is 4.79 Å². The van der Waals surface area contributed by atoms with Crippen LogP contribution in [-0.2, 0) is 4.79 Å². The summed E-state index contributed by atoms with van der Waals surface area (Å²) in [6.07, 6.45) is 5.41. The molecule has 0 amide bonds. The van der Waals surface area contributed by atoms with Crippen molar-refractivity contribution >= 4 is 5.78 Å². The fourth-order valence-corrected chi connectivity index (χ4v) is 3.48. The number of carbonyl (C=O) groups is 1. The summed E-state index contributed by atoms with van der Waals surface area (Å²) < 4.78 is 1.24. The Bertz CT molecular complexity index is 241. The third-order valence-corrected chi connectivity index (χ3v) is 4.44. The fourth-order valence-electron chi connectivity index (χ4n) is 3.48. The Morgan fingerprint density at radius 1 is 1.33 bits per heavy atom. The standard InChI is InChI=1S/C13H24NO/c1-3-4-13(15)9-12-10-14(2)7-5-11(12)6-8-14/h11-12H,3-10H2,1-2H3/q+1. The maximum absolute atomic E-state index is 11.7. The second kappa shape index (κ2) is 4.25. The van der Waals surface area contributed by atoms with Crippen molar-refractivity contribution in [3.8, 4) is 0 Å². The summed E-state index contributed by atoms with van der Waals surface area (Å²) in [4.78, 5) is 11.7. The second-order valence-corrected chi connectivity index (χ2v) is 5.84. The van der Waals surface area contributed by atoms with E-state index in [1.165, 1.54) is 37.0 Å². The second-order valence-electron chi connectivity index (χ2n) is 5.84. The van der Waals surface area contributed by atoms with E-state index in [0.29, 0.717) is 11.7 Å². The van der Waals surface area contributed by atoms with Gasteiger partial charge in [0.25, 0.3) is 0 Å². The monoisotopic (exact) mass is 210 g/mol. The number of fused-ring (bicyclic) bond motifs is 3. The molecule has 3 heterocycles. The molecule has 0 aromatic rings. The van der Waals surface area contributed by atoms with Gasteiger partial charge in [-0.15, -0.1) is 0 Å². The average molecular weight is 210 g/mol. The van der Waals surface area contributed by atoms with Crippen LogP contribution in [-0.4, -0.2) is 36.9 Å². The molecule has 1 atom stereocenters. The number of nitrogens with zero attached hydrogens (tertiary/aromatic N) is 1. The first-order valence-electron chi connectivity index (χ1n) is 6.48. The van der Waals surface area contributed by atoms with Gasteiger partial charge in [-0.3, -0.25) is 4.79 Å². The first-order chi connectivity index (χ1) is 7.13. The third kappa shape index (κ3) is 2.41. The van der Waals surface area contributed by atoms with Crippen LogP contribution in [0.1, 0.15) is 39.0 Å². The van der Waals surface area contributed by atoms with Gasteiger partial charge in [0, 0.05) is 31.6 Å². The minimum Gasteiger partial charge on any atom is -0.326 e. The van der Waals surface area contributed by atoms with Gasteiger partial charge in [-0.2, -0.15) is 0 Å². The number of carbonyl (C=O) groups excluding carboxylic acids is 1. The van der Waals surface area contributed by atoms with Gasteiger partial charge in [0.05, 0.1) is 26.7 Å². The van der Waals surface area contributed by atoms with Gasteiger partial charge in [0.1, 0.15) is 5.78 Å². The van der Waals surface area contributed by atoms with Crippen molar-refractivity contribution in [3.63, 3.8) is 0 Å². The van der Waals surface area contributed by atoms with Crippen LogP contribution in [0.25, 0.3) is 0 Å². The summed E-state index contributed by atoms with van der Waals surface area (Å²) in [6.45, 7) is 6.06. The molecular formula is C13H24NO+. The molecule has 1 unspecified atom stereocenters. The largest absolute Gasteiger partial charge is 0.326 e. The quantitative estimate of drug-likeness (QED) is 0.650. The zero-order valence-corrected chi connectivity index (χ0v) is 10.2. The molecule has 3 saturated heterocycles. The van der Waals surface area contributed by atoms with Crippen LogP contribution in [0.3, 0.4) is 0 Å². The molecule has 3 rings (SSSR count). The molecule has 0 radical (unpaired) electrons. The predicted molar refractivity (Wildman–Crippen MR) is 61.5 cm³/mol. The lowest BCUT2D eigenvalue weighted by atomic mass is 9.75. The van der Waals surface area contributed by atoms with E-state index in [2.05, 4.69) is 14.0 Å². The summed E-state index contributed by atoms with van der Waals surface area (Å²) in [6, 6.07) is 0. The number of hydrogen-bond donors (Lipinski definition) is 0. The van der Waals surface area contributed by atoms with Gasteiger partial charge in [-0.25, -0.2) is 0 Å². The van der Waals surface area contributed by atoms with Gasteiger partial charge < -0.3 is 4.48 Å². The Morgan fingerprint density at radius 3 is 2.53 bits per heavy atom. The minimum absolute atomic E-state index is 0.503. The fraction of sp³-hybridized carbons (Fsp3) is 0.923. The van der Waals surface area contributed by atoms with Crippen LogP contribution in [0.4, 0.5) is 0 Å². The highest BCUT2D eigenvalue weighted by Crippen LogP contribution is 2.38. The van der Waals surface area contributed by atoms with Crippen molar-refractivity contribution in [2.45, 2.75) is 39.0 Å². The van der Waals surface area contributed by atoms with Gasteiger partial charge in [-0.1, -0.05) is 6.92 Å². The molecule has 86 valence electrons. The molecule has 15 heavy (non-hydrogen) atoms. The maximum atomic E-state index is 11.7. The number of rotatable bonds is 4. The smallest absolute Gasteiger partial charge is 0.133 e. The molecule has 0 aromatic carbocycles. The lowest BCUT2D eigenvalue weighted by molar-refractivity contribution is -0.929. The third-order valence-electron chi connectivity index (χ3n) is 4.44. The van der Waals surface area contributed by atoms with E-state index in [-0.39, 0.29) is 0 Å². The summed E-state index contributed by atoms with van der Waals surface area (Å²) in [7, 11) is 2.37. The lowest BCUT2D eigenvalue weighted by Crippen LogP contribution is -2.59. The molecule has 2 nitrogen and oxygen atoms in total. The summed E-state index contributed by atoms with van der Waals surface area (Å²) >= 11 is 0. The van der Waals surface area contributed by atoms with Crippen LogP contribution < -0.4 is 0 Å². The van der Waals surface area contributed by atoms with Crippen LogP contribution in [0.5, 0.6) is 0 Å². The molecule has 0 aliphatic carbocycles. The first kappa shape index (κ1) is 11.1. The Kier molecular flexibility index (Phi) is 3.15. The van der Waals surface area contributed by atoms with Crippen LogP contribution >= 0.6 is 0 Å². The van der Waals surface area contributed by atoms with E-state index < -0.39 is 0 Å². The van der Waals surface area contributed by atoms with E-state index >= 15 is 0 Å². The molecule has 3 aliphatic heterocycles. The predicted octanol–water partition coefficient (Wildman–Crippen LogP) is 2.23. The molecule has 0 aromatic heterocycles. The molecule has 0 spiro atoms. The van der Waals surface area contributed by atoms with Crippen molar-refractivity contribution in [2.75, 3.05) is 26.7 Å². The number of hydrogen-bond acceptors (Lipinski definition) is 1. The van der Waals surface area contributed by atoms with E-state index in [0.717, 1.165) is 25.2 Å². The molecule has 2 heteroatoms. The van der Waals surface area contributed by atoms with E-state index in [1.54, 1.807) is 0 Å². The van der Waals surface area contributed by atoms with E-state index in [4.69, 9.17) is 0 Å². The van der Waals surface area contributed by atoms with Gasteiger partial charge in [-0.05, 0) is 12.3 Å². The number of quaternary nitrogens is 1. The topological polar surface area (TPSA) is 17.1 Å². The minimum atomic E-state index is 0.503. The summed E-state index contributed by atoms with van der Waals surface area (Å²) in [5.41, 5.74) is 0. The van der Waals surface area contributed by atoms with Gasteiger partial charge in [0.2, 0.25) is 0 Å². The number of ketones is 1. The van der Waals surface area contributed by atoms with Crippen LogP contribution in [0.2, 0.25) is 0 Å². The molecule has 3 aliphatic rings. The van der Waals surface area contributed by atoms with Crippen LogP contribution in [0.15, 0.2) is 0 Å². The Morgan fingerprint density at radius 2 is 2.00 bits per heavy atom. The highest BCUT2D eigenvalue weighted by atomic mass is 16.1. The molecule has 0 saturated carbocycles. The number of piperidine rings is 3. The molecule has 3 fully saturated rings. The molecule has 2 bridgehead atoms. The normalized spacial score (nSPS) is 39.3. The Balaban J connectivity index is 1.91. The van der Waals surface area contributed by atoms with Crippen molar-refractivity contribution in [3.05, 3.63) is 0 Å². The highest BCUT2D eigenvalue weighted by Gasteiger charge is 2.43. The SMILES string of the molecule is CCCC(=O)CC1C[N+]2(C)CCC1CC2. The maximum Gasteiger partial charge on any atom is 0.133 e. The Labute approximate surface area is 93.2 Å². The first-order valence-corrected chi connectivity index (χ1v) is 6.48. The highest BCUT2D eigenvalue weighted by molar-refractivity contribution is 5.78. The molecule has 0 N–H and O–H groups in total. The van der Waals surface area contributed by atoms with Gasteiger partial charge in [0.15, 0.2) is 0 Å². The zero-order chi connectivity index (χ0) is 10.9. The summed E-state index contributed by atoms with van der Waals surface area (Å²) in [5.74, 6) is 2.07. The van der Waals surface area contributed by atoms with Crippen molar-refractivity contribution in [1.82, 2.24) is 0 Å². The van der Waals surface area contributed by atoms with Crippen molar-refractivity contribution in [2.24, 2.45) is 11.8 Å². The van der Waals surface area contributed by atoms with E-state index in [1.807, 2.05) is 0 Å². The lowest BCUT2D eigenvalue weighted by Gasteiger charge is -2.50. The summed E-state index contributed by atoms with van der Waals surface area (Å²) in [5, 5.41) is 0. The van der Waals surface area contributed by atoms with Gasteiger partial charge >= 0.3 is 0 Å². The number of Topliss-reactive ketones (excluding diaryl/α,β-unsaturated/α-hetero) is 1.